The maximum absolute atomic E-state index is 12.6. The zero-order valence-corrected chi connectivity index (χ0v) is 17.3. The van der Waals surface area contributed by atoms with Crippen molar-refractivity contribution in [2.24, 2.45) is 0 Å². The van der Waals surface area contributed by atoms with Crippen LogP contribution in [-0.4, -0.2) is 32.0 Å². The first-order valence-electron chi connectivity index (χ1n) is 9.70. The third-order valence-corrected chi connectivity index (χ3v) is 4.90. The van der Waals surface area contributed by atoms with Crippen LogP contribution >= 0.6 is 0 Å². The molecule has 0 radical (unpaired) electrons. The first kappa shape index (κ1) is 21.0. The second-order valence-electron chi connectivity index (χ2n) is 6.92. The summed E-state index contributed by atoms with van der Waals surface area (Å²) in [5, 5.41) is 5.45. The van der Waals surface area contributed by atoms with E-state index in [1.54, 1.807) is 48.5 Å². The van der Waals surface area contributed by atoms with Gasteiger partial charge in [-0.2, -0.15) is 0 Å². The number of nitrogens with one attached hydrogen (secondary N) is 2. The lowest BCUT2D eigenvalue weighted by molar-refractivity contribution is -0.118. The number of carbonyl (C=O) groups excluding carboxylic acids is 3. The molecule has 1 aliphatic rings. The number of rotatable bonds is 7. The van der Waals surface area contributed by atoms with Crippen LogP contribution in [0.15, 0.2) is 59.2 Å². The maximum Gasteiger partial charge on any atom is 0.343 e. The SMILES string of the molecule is COc1ccc2c(c1OC)C(=O)O[C@@H]2CC(=O)Nc1cccc(NC(=O)c2ccco2)c1. The normalized spacial score (nSPS) is 14.3. The number of ether oxygens (including phenoxy) is 3. The van der Waals surface area contributed by atoms with Crippen molar-refractivity contribution in [3.8, 4) is 11.5 Å². The molecule has 2 amide bonds. The minimum Gasteiger partial charge on any atom is -0.493 e. The number of amides is 2. The molecule has 0 bridgehead atoms. The predicted octanol–water partition coefficient (Wildman–Crippen LogP) is 3.79. The van der Waals surface area contributed by atoms with Crippen molar-refractivity contribution in [3.05, 3.63) is 71.7 Å². The van der Waals surface area contributed by atoms with E-state index in [4.69, 9.17) is 18.6 Å². The summed E-state index contributed by atoms with van der Waals surface area (Å²) in [6.45, 7) is 0. The largest absolute Gasteiger partial charge is 0.493 e. The van der Waals surface area contributed by atoms with Crippen molar-refractivity contribution in [1.82, 2.24) is 0 Å². The summed E-state index contributed by atoms with van der Waals surface area (Å²) >= 11 is 0. The van der Waals surface area contributed by atoms with Crippen molar-refractivity contribution >= 4 is 29.2 Å². The summed E-state index contributed by atoms with van der Waals surface area (Å²) in [6.07, 6.45) is 0.571. The van der Waals surface area contributed by atoms with Crippen LogP contribution < -0.4 is 20.1 Å². The summed E-state index contributed by atoms with van der Waals surface area (Å²) in [6, 6.07) is 13.2. The van der Waals surface area contributed by atoms with Crippen molar-refractivity contribution in [3.63, 3.8) is 0 Å². The van der Waals surface area contributed by atoms with E-state index in [1.165, 1.54) is 20.5 Å². The fourth-order valence-corrected chi connectivity index (χ4v) is 3.48. The van der Waals surface area contributed by atoms with Gasteiger partial charge in [-0.1, -0.05) is 12.1 Å². The van der Waals surface area contributed by atoms with Crippen molar-refractivity contribution < 1.29 is 33.0 Å². The average molecular weight is 436 g/mol. The standard InChI is InChI=1S/C23H20N2O7/c1-29-16-9-8-15-18(32-23(28)20(15)21(16)30-2)12-19(26)24-13-5-3-6-14(11-13)25-22(27)17-7-4-10-31-17/h3-11,18H,12H2,1-2H3,(H,24,26)(H,25,27)/t18-/m1/s1. The lowest BCUT2D eigenvalue weighted by Gasteiger charge is -2.13. The van der Waals surface area contributed by atoms with Crippen molar-refractivity contribution in [2.45, 2.75) is 12.5 Å². The summed E-state index contributed by atoms with van der Waals surface area (Å²) < 4.78 is 21.0. The highest BCUT2D eigenvalue weighted by Crippen LogP contribution is 2.43. The highest BCUT2D eigenvalue weighted by Gasteiger charge is 2.36. The molecular weight excluding hydrogens is 416 g/mol. The molecule has 9 heteroatoms. The number of carbonyl (C=O) groups is 3. The van der Waals surface area contributed by atoms with Gasteiger partial charge in [0.15, 0.2) is 17.3 Å². The van der Waals surface area contributed by atoms with Gasteiger partial charge in [-0.05, 0) is 36.4 Å². The Balaban J connectivity index is 1.44. The minimum atomic E-state index is -0.751. The summed E-state index contributed by atoms with van der Waals surface area (Å²) in [4.78, 5) is 37.1. The molecule has 0 aliphatic carbocycles. The number of hydrogen-bond donors (Lipinski definition) is 2. The number of fused-ring (bicyclic) bond motifs is 1. The second kappa shape index (κ2) is 8.84. The molecule has 0 spiro atoms. The number of benzene rings is 2. The first-order chi connectivity index (χ1) is 15.5. The monoisotopic (exact) mass is 436 g/mol. The first-order valence-corrected chi connectivity index (χ1v) is 9.70. The van der Waals surface area contributed by atoms with Crippen LogP contribution in [0.3, 0.4) is 0 Å². The molecule has 0 unspecified atom stereocenters. The van der Waals surface area contributed by atoms with Crippen LogP contribution in [0, 0.1) is 0 Å². The van der Waals surface area contributed by atoms with Crippen LogP contribution in [0.5, 0.6) is 11.5 Å². The second-order valence-corrected chi connectivity index (χ2v) is 6.92. The Kier molecular flexibility index (Phi) is 5.80. The molecule has 1 aliphatic heterocycles. The number of hydrogen-bond acceptors (Lipinski definition) is 7. The Morgan fingerprint density at radius 1 is 1.00 bits per heavy atom. The van der Waals surface area contributed by atoms with Gasteiger partial charge < -0.3 is 29.3 Å². The summed E-state index contributed by atoms with van der Waals surface area (Å²) in [5.41, 5.74) is 1.78. The van der Waals surface area contributed by atoms with Gasteiger partial charge in [0.2, 0.25) is 5.91 Å². The molecule has 0 saturated heterocycles. The van der Waals surface area contributed by atoms with E-state index >= 15 is 0 Å². The summed E-state index contributed by atoms with van der Waals surface area (Å²) in [5.74, 6) is -0.485. The molecule has 2 heterocycles. The number of methoxy groups -OCH3 is 2. The Morgan fingerprint density at radius 2 is 1.78 bits per heavy atom. The predicted molar refractivity (Wildman–Crippen MR) is 114 cm³/mol. The zero-order valence-electron chi connectivity index (χ0n) is 17.3. The molecule has 0 saturated carbocycles. The van der Waals surface area contributed by atoms with E-state index in [-0.39, 0.29) is 29.4 Å². The smallest absolute Gasteiger partial charge is 0.343 e. The van der Waals surface area contributed by atoms with Gasteiger partial charge in [-0.15, -0.1) is 0 Å². The lowest BCUT2D eigenvalue weighted by atomic mass is 10.0. The average Bonchev–Trinajstić information content (AvgIpc) is 3.42. The van der Waals surface area contributed by atoms with E-state index in [1.807, 2.05) is 0 Å². The Morgan fingerprint density at radius 3 is 2.47 bits per heavy atom. The number of cyclic esters (lactones) is 1. The Labute approximate surface area is 183 Å². The number of esters is 1. The van der Waals surface area contributed by atoms with Gasteiger partial charge in [-0.25, -0.2) is 4.79 Å². The fourth-order valence-electron chi connectivity index (χ4n) is 3.48. The molecule has 0 fully saturated rings. The van der Waals surface area contributed by atoms with Crippen LogP contribution in [0.2, 0.25) is 0 Å². The molecule has 1 aromatic heterocycles. The molecule has 3 aromatic rings. The molecule has 1 atom stereocenters. The van der Waals surface area contributed by atoms with E-state index in [9.17, 15) is 14.4 Å². The Bertz CT molecular complexity index is 1170. The van der Waals surface area contributed by atoms with Gasteiger partial charge in [0, 0.05) is 16.9 Å². The Hall–Kier alpha value is -4.27. The van der Waals surface area contributed by atoms with Gasteiger partial charge in [0.1, 0.15) is 11.7 Å². The van der Waals surface area contributed by atoms with E-state index in [2.05, 4.69) is 10.6 Å². The molecular formula is C23H20N2O7. The minimum absolute atomic E-state index is 0.0861. The molecule has 2 aromatic carbocycles. The number of anilines is 2. The van der Waals surface area contributed by atoms with Crippen LogP contribution in [-0.2, 0) is 9.53 Å². The zero-order chi connectivity index (χ0) is 22.7. The van der Waals surface area contributed by atoms with E-state index in [0.717, 1.165) is 0 Å². The van der Waals surface area contributed by atoms with Crippen LogP contribution in [0.4, 0.5) is 11.4 Å². The highest BCUT2D eigenvalue weighted by atomic mass is 16.6. The third kappa shape index (κ3) is 4.13. The lowest BCUT2D eigenvalue weighted by Crippen LogP contribution is -2.16. The van der Waals surface area contributed by atoms with Gasteiger partial charge in [-0.3, -0.25) is 9.59 Å². The highest BCUT2D eigenvalue weighted by molar-refractivity contribution is 6.03. The van der Waals surface area contributed by atoms with Crippen LogP contribution in [0.1, 0.15) is 39.0 Å². The summed E-state index contributed by atoms with van der Waals surface area (Å²) in [7, 11) is 2.91. The molecule has 9 nitrogen and oxygen atoms in total. The maximum atomic E-state index is 12.6. The quantitative estimate of drug-likeness (QED) is 0.541. The van der Waals surface area contributed by atoms with Crippen molar-refractivity contribution in [2.75, 3.05) is 24.9 Å². The molecule has 2 N–H and O–H groups in total. The fraction of sp³-hybridized carbons (Fsp3) is 0.174. The molecule has 32 heavy (non-hydrogen) atoms. The topological polar surface area (TPSA) is 116 Å². The molecule has 4 rings (SSSR count). The number of furan rings is 1. The van der Waals surface area contributed by atoms with Crippen LogP contribution in [0.25, 0.3) is 0 Å². The van der Waals surface area contributed by atoms with Gasteiger partial charge in [0.05, 0.1) is 26.9 Å². The van der Waals surface area contributed by atoms with Gasteiger partial charge in [0.25, 0.3) is 5.91 Å². The molecule has 164 valence electrons. The van der Waals surface area contributed by atoms with Crippen molar-refractivity contribution in [1.29, 1.82) is 0 Å². The third-order valence-electron chi connectivity index (χ3n) is 4.90. The van der Waals surface area contributed by atoms with Gasteiger partial charge >= 0.3 is 5.97 Å². The van der Waals surface area contributed by atoms with E-state index in [0.29, 0.717) is 22.7 Å². The van der Waals surface area contributed by atoms with E-state index < -0.39 is 18.0 Å².